The van der Waals surface area contributed by atoms with Gasteiger partial charge < -0.3 is 0 Å². The highest BCUT2D eigenvalue weighted by Gasteiger charge is 2.36. The summed E-state index contributed by atoms with van der Waals surface area (Å²) in [5.41, 5.74) is -2.39. The van der Waals surface area contributed by atoms with Crippen LogP contribution in [0.5, 0.6) is 0 Å². The summed E-state index contributed by atoms with van der Waals surface area (Å²) in [7, 11) is 0. The van der Waals surface area contributed by atoms with Gasteiger partial charge in [0.2, 0.25) is 0 Å². The van der Waals surface area contributed by atoms with Crippen molar-refractivity contribution in [2.45, 2.75) is 25.2 Å². The van der Waals surface area contributed by atoms with Crippen LogP contribution < -0.4 is 0 Å². The van der Waals surface area contributed by atoms with Gasteiger partial charge >= 0.3 is 6.18 Å². The Morgan fingerprint density at radius 3 is 1.56 bits per heavy atom. The van der Waals surface area contributed by atoms with Gasteiger partial charge in [-0.15, -0.1) is 0 Å². The van der Waals surface area contributed by atoms with E-state index in [1.54, 1.807) is 0 Å². The molecule has 0 rings (SSSR count). The summed E-state index contributed by atoms with van der Waals surface area (Å²) in [5.74, 6) is 0. The first-order valence-electron chi connectivity index (χ1n) is 2.32. The molecule has 0 aromatic rings. The molecular formula is C5H7F4. The molecule has 0 saturated heterocycles. The topological polar surface area (TPSA) is 0 Å². The molecule has 0 fully saturated rings. The molecule has 55 valence electrons. The fourth-order valence-corrected chi connectivity index (χ4v) is 0.418. The SMILES string of the molecule is [CH2]C(C)(F)CC(F)(F)F. The normalized spacial score (nSPS) is 14.0. The molecule has 0 bridgehead atoms. The first-order valence-corrected chi connectivity index (χ1v) is 2.32. The molecule has 0 aromatic heterocycles. The second-order valence-corrected chi connectivity index (χ2v) is 2.21. The fraction of sp³-hybridized carbons (Fsp3) is 0.800. The van der Waals surface area contributed by atoms with E-state index in [0.29, 0.717) is 0 Å². The molecule has 0 N–H and O–H groups in total. The van der Waals surface area contributed by atoms with Crippen molar-refractivity contribution in [3.8, 4) is 0 Å². The highest BCUT2D eigenvalue weighted by atomic mass is 19.4. The van der Waals surface area contributed by atoms with Gasteiger partial charge in [-0.1, -0.05) is 0 Å². The highest BCUT2D eigenvalue weighted by molar-refractivity contribution is 4.78. The van der Waals surface area contributed by atoms with E-state index in [2.05, 4.69) is 6.92 Å². The predicted molar refractivity (Wildman–Crippen MR) is 25.5 cm³/mol. The van der Waals surface area contributed by atoms with E-state index in [-0.39, 0.29) is 0 Å². The Kier molecular flexibility index (Phi) is 2.09. The Balaban J connectivity index is 3.75. The molecule has 0 aliphatic heterocycles. The van der Waals surface area contributed by atoms with Gasteiger partial charge in [-0.25, -0.2) is 4.39 Å². The molecule has 0 aliphatic rings. The lowest BCUT2D eigenvalue weighted by Crippen LogP contribution is -2.23. The van der Waals surface area contributed by atoms with Crippen molar-refractivity contribution in [2.75, 3.05) is 0 Å². The number of halogens is 4. The van der Waals surface area contributed by atoms with Gasteiger partial charge in [0.1, 0.15) is 5.67 Å². The van der Waals surface area contributed by atoms with Crippen molar-refractivity contribution >= 4 is 0 Å². The van der Waals surface area contributed by atoms with E-state index in [1.807, 2.05) is 0 Å². The van der Waals surface area contributed by atoms with Crippen LogP contribution in [0.15, 0.2) is 0 Å². The van der Waals surface area contributed by atoms with Gasteiger partial charge in [0.25, 0.3) is 0 Å². The third kappa shape index (κ3) is 7.72. The molecular weight excluding hydrogens is 136 g/mol. The van der Waals surface area contributed by atoms with E-state index in [9.17, 15) is 17.6 Å². The minimum atomic E-state index is -4.45. The molecule has 0 aromatic carbocycles. The second-order valence-electron chi connectivity index (χ2n) is 2.21. The van der Waals surface area contributed by atoms with E-state index in [1.165, 1.54) is 0 Å². The Morgan fingerprint density at radius 2 is 1.56 bits per heavy atom. The maximum absolute atomic E-state index is 12.1. The molecule has 0 nitrogen and oxygen atoms in total. The van der Waals surface area contributed by atoms with Gasteiger partial charge in [-0.2, -0.15) is 13.2 Å². The van der Waals surface area contributed by atoms with Gasteiger partial charge in [-0.05, 0) is 13.8 Å². The van der Waals surface area contributed by atoms with Crippen LogP contribution in [-0.2, 0) is 0 Å². The van der Waals surface area contributed by atoms with Gasteiger partial charge in [0, 0.05) is 0 Å². The van der Waals surface area contributed by atoms with Crippen LogP contribution in [-0.4, -0.2) is 11.8 Å². The summed E-state index contributed by atoms with van der Waals surface area (Å²) in [6.07, 6.45) is -5.94. The molecule has 4 heteroatoms. The lowest BCUT2D eigenvalue weighted by atomic mass is 10.1. The smallest absolute Gasteiger partial charge is 0.244 e. The van der Waals surface area contributed by atoms with Crippen molar-refractivity contribution in [2.24, 2.45) is 0 Å². The number of hydrogen-bond donors (Lipinski definition) is 0. The fourth-order valence-electron chi connectivity index (χ4n) is 0.418. The summed E-state index contributed by atoms with van der Waals surface area (Å²) in [5, 5.41) is 0. The minimum absolute atomic E-state index is 0.792. The van der Waals surface area contributed by atoms with Crippen molar-refractivity contribution < 1.29 is 17.6 Å². The van der Waals surface area contributed by atoms with E-state index >= 15 is 0 Å². The molecule has 1 radical (unpaired) electrons. The van der Waals surface area contributed by atoms with Crippen LogP contribution >= 0.6 is 0 Å². The van der Waals surface area contributed by atoms with Gasteiger partial charge in [0.15, 0.2) is 0 Å². The molecule has 0 amide bonds. The second kappa shape index (κ2) is 2.15. The van der Waals surface area contributed by atoms with Crippen molar-refractivity contribution in [1.29, 1.82) is 0 Å². The minimum Gasteiger partial charge on any atom is -0.244 e. The maximum atomic E-state index is 12.1. The monoisotopic (exact) mass is 143 g/mol. The Morgan fingerprint density at radius 1 is 1.22 bits per heavy atom. The molecule has 9 heavy (non-hydrogen) atoms. The Bertz CT molecular complexity index is 74.1. The molecule has 1 unspecified atom stereocenters. The average molecular weight is 143 g/mol. The van der Waals surface area contributed by atoms with Crippen LogP contribution in [0.4, 0.5) is 17.6 Å². The largest absolute Gasteiger partial charge is 0.392 e. The predicted octanol–water partition coefficient (Wildman–Crippen LogP) is 2.50. The first-order chi connectivity index (χ1) is 3.71. The van der Waals surface area contributed by atoms with Crippen LogP contribution in [0.25, 0.3) is 0 Å². The molecule has 1 atom stereocenters. The third-order valence-corrected chi connectivity index (χ3v) is 0.569. The van der Waals surface area contributed by atoms with Crippen molar-refractivity contribution in [1.82, 2.24) is 0 Å². The quantitative estimate of drug-likeness (QED) is 0.494. The zero-order chi connectivity index (χ0) is 7.71. The molecule has 0 saturated carbocycles. The van der Waals surface area contributed by atoms with Crippen LogP contribution in [0.1, 0.15) is 13.3 Å². The zero-order valence-corrected chi connectivity index (χ0v) is 4.93. The summed E-state index contributed by atoms with van der Waals surface area (Å²) in [6.45, 7) is 3.46. The van der Waals surface area contributed by atoms with E-state index in [4.69, 9.17) is 0 Å². The van der Waals surface area contributed by atoms with Crippen LogP contribution in [0, 0.1) is 6.92 Å². The molecule has 0 spiro atoms. The molecule has 0 heterocycles. The zero-order valence-electron chi connectivity index (χ0n) is 4.93. The maximum Gasteiger partial charge on any atom is 0.392 e. The lowest BCUT2D eigenvalue weighted by molar-refractivity contribution is -0.153. The summed E-state index contributed by atoms with van der Waals surface area (Å²) >= 11 is 0. The van der Waals surface area contributed by atoms with Gasteiger partial charge in [0.05, 0.1) is 6.42 Å². The first kappa shape index (κ1) is 8.72. The summed E-state index contributed by atoms with van der Waals surface area (Å²) in [4.78, 5) is 0. The Labute approximate surface area is 50.9 Å². The van der Waals surface area contributed by atoms with E-state index in [0.717, 1.165) is 6.92 Å². The van der Waals surface area contributed by atoms with Crippen molar-refractivity contribution in [3.05, 3.63) is 6.92 Å². The van der Waals surface area contributed by atoms with Crippen molar-refractivity contribution in [3.63, 3.8) is 0 Å². The van der Waals surface area contributed by atoms with Crippen LogP contribution in [0.3, 0.4) is 0 Å². The third-order valence-electron chi connectivity index (χ3n) is 0.569. The standard InChI is InChI=1S/C5H7F4/c1-4(2,6)3-5(7,8)9/h1,3H2,2H3. The lowest BCUT2D eigenvalue weighted by Gasteiger charge is -2.15. The summed E-state index contributed by atoms with van der Waals surface area (Å²) in [6, 6.07) is 0. The van der Waals surface area contributed by atoms with Crippen LogP contribution in [0.2, 0.25) is 0 Å². The average Bonchev–Trinajstić information content (AvgIpc) is 1.14. The Hall–Kier alpha value is -0.280. The highest BCUT2D eigenvalue weighted by Crippen LogP contribution is 2.28. The van der Waals surface area contributed by atoms with Gasteiger partial charge in [-0.3, -0.25) is 0 Å². The summed E-state index contributed by atoms with van der Waals surface area (Å²) < 4.78 is 45.9. The number of rotatable bonds is 1. The van der Waals surface area contributed by atoms with E-state index < -0.39 is 18.3 Å². The number of hydrogen-bond acceptors (Lipinski definition) is 0. The molecule has 0 aliphatic carbocycles. The number of alkyl halides is 4.